The van der Waals surface area contributed by atoms with Crippen LogP contribution in [-0.4, -0.2) is 18.6 Å². The summed E-state index contributed by atoms with van der Waals surface area (Å²) < 4.78 is 45.8. The van der Waals surface area contributed by atoms with Crippen molar-refractivity contribution in [3.8, 4) is 11.5 Å². The van der Waals surface area contributed by atoms with E-state index in [4.69, 9.17) is 17.0 Å². The zero-order valence-electron chi connectivity index (χ0n) is 12.9. The van der Waals surface area contributed by atoms with E-state index >= 15 is 0 Å². The van der Waals surface area contributed by atoms with Gasteiger partial charge in [0.2, 0.25) is 0 Å². The highest BCUT2D eigenvalue weighted by molar-refractivity contribution is 7.80. The Morgan fingerprint density at radius 1 is 1.04 bits per heavy atom. The number of hydrogen-bond acceptors (Lipinski definition) is 3. The number of rotatable bonds is 4. The Balaban J connectivity index is 2.06. The molecule has 4 nitrogen and oxygen atoms in total. The molecule has 0 bridgehead atoms. The van der Waals surface area contributed by atoms with Crippen molar-refractivity contribution in [3.05, 3.63) is 48.0 Å². The molecule has 0 radical (unpaired) electrons. The fourth-order valence-electron chi connectivity index (χ4n) is 1.92. The van der Waals surface area contributed by atoms with Gasteiger partial charge in [-0.15, -0.1) is 13.2 Å². The fraction of sp³-hybridized carbons (Fsp3) is 0.188. The molecule has 0 aliphatic rings. The molecule has 0 aliphatic carbocycles. The highest BCUT2D eigenvalue weighted by Crippen LogP contribution is 2.26. The number of halogens is 3. The maximum Gasteiger partial charge on any atom is 0.573 e. The van der Waals surface area contributed by atoms with Crippen LogP contribution in [-0.2, 0) is 0 Å². The van der Waals surface area contributed by atoms with Gasteiger partial charge in [-0.25, -0.2) is 0 Å². The molecule has 2 aromatic rings. The molecule has 2 aromatic carbocycles. The average molecular weight is 356 g/mol. The molecule has 0 saturated heterocycles. The molecule has 2 rings (SSSR count). The van der Waals surface area contributed by atoms with E-state index in [0.29, 0.717) is 11.4 Å². The molecule has 128 valence electrons. The molecule has 24 heavy (non-hydrogen) atoms. The SMILES string of the molecule is COc1ccc(C)c(NC(=S)Nc2cccc(OC(F)(F)F)c2)c1. The lowest BCUT2D eigenvalue weighted by Gasteiger charge is -2.14. The van der Waals surface area contributed by atoms with Crippen molar-refractivity contribution in [1.82, 2.24) is 0 Å². The molecule has 0 aliphatic heterocycles. The van der Waals surface area contributed by atoms with Crippen molar-refractivity contribution < 1.29 is 22.6 Å². The number of anilines is 2. The summed E-state index contributed by atoms with van der Waals surface area (Å²) in [7, 11) is 1.55. The first-order valence-corrected chi connectivity index (χ1v) is 7.26. The van der Waals surface area contributed by atoms with Gasteiger partial charge < -0.3 is 20.1 Å². The third-order valence-corrected chi connectivity index (χ3v) is 3.22. The lowest BCUT2D eigenvalue weighted by atomic mass is 10.2. The molecule has 0 saturated carbocycles. The van der Waals surface area contributed by atoms with Crippen LogP contribution in [0.2, 0.25) is 0 Å². The molecule has 0 fully saturated rings. The first-order chi connectivity index (χ1) is 11.3. The standard InChI is InChI=1S/C16H15F3N2O2S/c1-10-6-7-12(22-2)9-14(10)21-15(24)20-11-4-3-5-13(8-11)23-16(17,18)19/h3-9H,1-2H3,(H2,20,21,24). The minimum Gasteiger partial charge on any atom is -0.497 e. The van der Waals surface area contributed by atoms with Crippen LogP contribution in [0.25, 0.3) is 0 Å². The molecule has 0 spiro atoms. The predicted octanol–water partition coefficient (Wildman–Crippen LogP) is 4.71. The Labute approximate surface area is 142 Å². The number of methoxy groups -OCH3 is 1. The second-order valence-corrected chi connectivity index (χ2v) is 5.24. The maximum atomic E-state index is 12.2. The number of thiocarbonyl (C=S) groups is 1. The summed E-state index contributed by atoms with van der Waals surface area (Å²) in [5.74, 6) is 0.333. The normalized spacial score (nSPS) is 10.9. The second kappa shape index (κ2) is 7.39. The minimum atomic E-state index is -4.74. The van der Waals surface area contributed by atoms with E-state index in [0.717, 1.165) is 11.3 Å². The summed E-state index contributed by atoms with van der Waals surface area (Å²) in [5.41, 5.74) is 2.04. The number of aryl methyl sites for hydroxylation is 1. The Kier molecular flexibility index (Phi) is 5.50. The minimum absolute atomic E-state index is 0.232. The lowest BCUT2D eigenvalue weighted by Crippen LogP contribution is -2.20. The van der Waals surface area contributed by atoms with Crippen LogP contribution in [0.15, 0.2) is 42.5 Å². The van der Waals surface area contributed by atoms with Crippen LogP contribution in [0, 0.1) is 6.92 Å². The van der Waals surface area contributed by atoms with E-state index < -0.39 is 6.36 Å². The summed E-state index contributed by atoms with van der Waals surface area (Å²) in [5, 5.41) is 6.02. The van der Waals surface area contributed by atoms with Crippen molar-refractivity contribution in [1.29, 1.82) is 0 Å². The maximum absolute atomic E-state index is 12.2. The highest BCUT2D eigenvalue weighted by atomic mass is 32.1. The fourth-order valence-corrected chi connectivity index (χ4v) is 2.15. The Morgan fingerprint density at radius 2 is 1.79 bits per heavy atom. The number of nitrogens with one attached hydrogen (secondary N) is 2. The van der Waals surface area contributed by atoms with Crippen molar-refractivity contribution in [2.45, 2.75) is 13.3 Å². The van der Waals surface area contributed by atoms with Gasteiger partial charge in [0.1, 0.15) is 11.5 Å². The van der Waals surface area contributed by atoms with Gasteiger partial charge in [0, 0.05) is 23.5 Å². The van der Waals surface area contributed by atoms with Crippen molar-refractivity contribution in [2.24, 2.45) is 0 Å². The Hall–Kier alpha value is -2.48. The molecule has 0 heterocycles. The van der Waals surface area contributed by atoms with Crippen LogP contribution in [0.1, 0.15) is 5.56 Å². The second-order valence-electron chi connectivity index (χ2n) is 4.84. The van der Waals surface area contributed by atoms with Gasteiger partial charge in [-0.1, -0.05) is 12.1 Å². The number of ether oxygens (including phenoxy) is 2. The van der Waals surface area contributed by atoms with Crippen LogP contribution in [0.5, 0.6) is 11.5 Å². The smallest absolute Gasteiger partial charge is 0.497 e. The van der Waals surface area contributed by atoms with Gasteiger partial charge >= 0.3 is 6.36 Å². The van der Waals surface area contributed by atoms with Crippen molar-refractivity contribution >= 4 is 28.7 Å². The van der Waals surface area contributed by atoms with E-state index in [-0.39, 0.29) is 10.9 Å². The van der Waals surface area contributed by atoms with E-state index in [1.165, 1.54) is 18.2 Å². The zero-order valence-corrected chi connectivity index (χ0v) is 13.7. The number of hydrogen-bond donors (Lipinski definition) is 2. The molecule has 8 heteroatoms. The largest absolute Gasteiger partial charge is 0.573 e. The van der Waals surface area contributed by atoms with Gasteiger partial charge in [0.25, 0.3) is 0 Å². The van der Waals surface area contributed by atoms with Gasteiger partial charge in [-0.2, -0.15) is 0 Å². The van der Waals surface area contributed by atoms with Crippen LogP contribution in [0.3, 0.4) is 0 Å². The quantitative estimate of drug-likeness (QED) is 0.777. The van der Waals surface area contributed by atoms with Gasteiger partial charge in [-0.3, -0.25) is 0 Å². The monoisotopic (exact) mass is 356 g/mol. The third-order valence-electron chi connectivity index (χ3n) is 3.02. The lowest BCUT2D eigenvalue weighted by molar-refractivity contribution is -0.274. The highest BCUT2D eigenvalue weighted by Gasteiger charge is 2.31. The summed E-state index contributed by atoms with van der Waals surface area (Å²) in [4.78, 5) is 0. The summed E-state index contributed by atoms with van der Waals surface area (Å²) in [6, 6.07) is 10.9. The van der Waals surface area contributed by atoms with E-state index in [1.807, 2.05) is 19.1 Å². The summed E-state index contributed by atoms with van der Waals surface area (Å²) >= 11 is 5.18. The number of alkyl halides is 3. The molecule has 0 amide bonds. The topological polar surface area (TPSA) is 42.5 Å². The number of benzene rings is 2. The molecule has 2 N–H and O–H groups in total. The van der Waals surface area contributed by atoms with Crippen LogP contribution < -0.4 is 20.1 Å². The summed E-state index contributed by atoms with van der Waals surface area (Å²) in [6.45, 7) is 1.89. The van der Waals surface area contributed by atoms with Crippen LogP contribution in [0.4, 0.5) is 24.5 Å². The van der Waals surface area contributed by atoms with E-state index in [2.05, 4.69) is 15.4 Å². The Bertz CT molecular complexity index is 736. The molecule has 0 unspecified atom stereocenters. The first-order valence-electron chi connectivity index (χ1n) is 6.85. The first kappa shape index (κ1) is 17.9. The molecular weight excluding hydrogens is 341 g/mol. The average Bonchev–Trinajstić information content (AvgIpc) is 2.48. The van der Waals surface area contributed by atoms with Crippen LogP contribution >= 0.6 is 12.2 Å². The molecule has 0 aromatic heterocycles. The van der Waals surface area contributed by atoms with Gasteiger partial charge in [-0.05, 0) is 42.9 Å². The van der Waals surface area contributed by atoms with E-state index in [1.54, 1.807) is 19.2 Å². The van der Waals surface area contributed by atoms with Gasteiger partial charge in [0.15, 0.2) is 5.11 Å². The van der Waals surface area contributed by atoms with Crippen molar-refractivity contribution in [2.75, 3.05) is 17.7 Å². The molecular formula is C16H15F3N2O2S. The predicted molar refractivity (Wildman–Crippen MR) is 90.7 cm³/mol. The Morgan fingerprint density at radius 3 is 2.46 bits per heavy atom. The van der Waals surface area contributed by atoms with Gasteiger partial charge in [0.05, 0.1) is 7.11 Å². The van der Waals surface area contributed by atoms with Crippen molar-refractivity contribution in [3.63, 3.8) is 0 Å². The summed E-state index contributed by atoms with van der Waals surface area (Å²) in [6.07, 6.45) is -4.74. The zero-order chi connectivity index (χ0) is 17.7. The molecule has 0 atom stereocenters. The third kappa shape index (κ3) is 5.31. The van der Waals surface area contributed by atoms with E-state index in [9.17, 15) is 13.2 Å².